The van der Waals surface area contributed by atoms with Crippen molar-refractivity contribution < 1.29 is 61.9 Å². The van der Waals surface area contributed by atoms with Gasteiger partial charge in [-0.2, -0.15) is 0 Å². The molecular formula is C17H23N6NaO7S. The van der Waals surface area contributed by atoms with Gasteiger partial charge in [-0.25, -0.2) is 23.4 Å². The van der Waals surface area contributed by atoms with Crippen LogP contribution in [-0.2, 0) is 24.0 Å². The summed E-state index contributed by atoms with van der Waals surface area (Å²) in [7, 11) is -4.52. The third kappa shape index (κ3) is 5.22. The van der Waals surface area contributed by atoms with E-state index in [0.29, 0.717) is 12.8 Å². The third-order valence-corrected chi connectivity index (χ3v) is 6.37. The average Bonchev–Trinajstić information content (AvgIpc) is 3.29. The molecule has 0 unspecified atom stereocenters. The molecule has 2 fully saturated rings. The van der Waals surface area contributed by atoms with E-state index in [1.54, 1.807) is 0 Å². The van der Waals surface area contributed by atoms with Crippen LogP contribution in [0.25, 0.3) is 15.9 Å². The zero-order valence-corrected chi connectivity index (χ0v) is 20.3. The number of nitrogens with two attached hydrogens (primary N) is 1. The van der Waals surface area contributed by atoms with Crippen LogP contribution in [0.4, 0.5) is 5.82 Å². The van der Waals surface area contributed by atoms with Crippen LogP contribution in [0, 0.1) is 5.92 Å². The van der Waals surface area contributed by atoms with Gasteiger partial charge in [0.15, 0.2) is 17.7 Å². The van der Waals surface area contributed by atoms with Crippen LogP contribution in [0.2, 0.25) is 0 Å². The molecular weight excluding hydrogens is 455 g/mol. The molecule has 0 bridgehead atoms. The molecule has 2 aromatic rings. The van der Waals surface area contributed by atoms with E-state index in [1.807, 2.05) is 0 Å². The number of hydrogen-bond acceptors (Lipinski definition) is 11. The first-order chi connectivity index (χ1) is 14.8. The first-order valence-corrected chi connectivity index (χ1v) is 11.2. The molecule has 0 radical (unpaired) electrons. The van der Waals surface area contributed by atoms with Gasteiger partial charge in [-0.05, 0) is 12.8 Å². The van der Waals surface area contributed by atoms with E-state index in [2.05, 4.69) is 19.7 Å². The third-order valence-electron chi connectivity index (χ3n) is 5.54. The Bertz CT molecular complexity index is 1060. The first kappa shape index (κ1) is 25.2. The molecule has 4 N–H and O–H groups in total. The van der Waals surface area contributed by atoms with Crippen molar-refractivity contribution in [2.75, 3.05) is 12.3 Å². The number of anilines is 1. The van der Waals surface area contributed by atoms with Crippen molar-refractivity contribution in [3.8, 4) is 0 Å². The van der Waals surface area contributed by atoms with Crippen molar-refractivity contribution in [1.29, 1.82) is 0 Å². The molecule has 2 aromatic heterocycles. The summed E-state index contributed by atoms with van der Waals surface area (Å²) in [6.45, 7) is -0.637. The summed E-state index contributed by atoms with van der Waals surface area (Å²) in [5, 5.41) is 20.7. The number of nitrogen functional groups attached to an aromatic ring is 1. The topological polar surface area (TPSA) is 194 Å². The summed E-state index contributed by atoms with van der Waals surface area (Å²) >= 11 is 0. The van der Waals surface area contributed by atoms with E-state index in [9.17, 15) is 23.4 Å². The van der Waals surface area contributed by atoms with E-state index in [4.69, 9.17) is 14.7 Å². The average molecular weight is 478 g/mol. The number of hydrogen-bond donors (Lipinski definition) is 3. The minimum Gasteiger partial charge on any atom is -0.522 e. The number of aliphatic hydroxyl groups is 2. The summed E-state index contributed by atoms with van der Waals surface area (Å²) in [6.07, 6.45) is 1.24. The largest absolute Gasteiger partial charge is 1.00 e. The predicted molar refractivity (Wildman–Crippen MR) is 105 cm³/mol. The molecule has 15 heteroatoms. The molecule has 32 heavy (non-hydrogen) atoms. The van der Waals surface area contributed by atoms with Crippen LogP contribution in [-0.4, -0.2) is 69.0 Å². The van der Waals surface area contributed by atoms with Gasteiger partial charge >= 0.3 is 29.6 Å². The molecule has 2 aliphatic rings. The summed E-state index contributed by atoms with van der Waals surface area (Å²) < 4.78 is 39.2. The number of nitrogens with zero attached hydrogens (tertiary/aromatic N) is 5. The zero-order valence-electron chi connectivity index (χ0n) is 17.4. The maximum Gasteiger partial charge on any atom is 1.00 e. The number of carbonyl (C=O) groups is 1. The minimum absolute atomic E-state index is 0. The number of fused-ring (bicyclic) bond motifs is 1. The van der Waals surface area contributed by atoms with Gasteiger partial charge in [-0.15, -0.1) is 0 Å². The number of carbonyl (C=O) groups excluding carboxylic acids is 1. The smallest absolute Gasteiger partial charge is 0.522 e. The van der Waals surface area contributed by atoms with Crippen LogP contribution in [0.15, 0.2) is 12.7 Å². The Morgan fingerprint density at radius 2 is 1.94 bits per heavy atom. The van der Waals surface area contributed by atoms with Gasteiger partial charge in [0, 0.05) is 5.92 Å². The minimum atomic E-state index is -4.52. The Hall–Kier alpha value is -1.39. The molecule has 1 saturated carbocycles. The molecule has 4 rings (SSSR count). The number of imidazole rings is 1. The van der Waals surface area contributed by atoms with Crippen molar-refractivity contribution in [1.82, 2.24) is 19.5 Å². The van der Waals surface area contributed by atoms with Crippen molar-refractivity contribution in [3.63, 3.8) is 0 Å². The van der Waals surface area contributed by atoms with Crippen LogP contribution in [0.5, 0.6) is 0 Å². The number of aliphatic hydroxyl groups excluding tert-OH is 2. The quantitative estimate of drug-likeness (QED) is 0.353. The van der Waals surface area contributed by atoms with Crippen molar-refractivity contribution in [2.45, 2.75) is 56.6 Å². The van der Waals surface area contributed by atoms with Crippen LogP contribution in [0.3, 0.4) is 0 Å². The number of amides is 1. The van der Waals surface area contributed by atoms with E-state index in [1.165, 1.54) is 17.2 Å². The van der Waals surface area contributed by atoms with Crippen molar-refractivity contribution in [2.24, 2.45) is 5.92 Å². The van der Waals surface area contributed by atoms with Gasteiger partial charge in [0.1, 0.15) is 30.2 Å². The fourth-order valence-electron chi connectivity index (χ4n) is 3.87. The summed E-state index contributed by atoms with van der Waals surface area (Å²) in [6, 6.07) is 0. The van der Waals surface area contributed by atoms with Gasteiger partial charge in [-0.3, -0.25) is 8.75 Å². The van der Waals surface area contributed by atoms with Gasteiger partial charge in [0.05, 0.1) is 18.8 Å². The molecule has 1 saturated heterocycles. The molecule has 1 aliphatic carbocycles. The Labute approximate surface area is 206 Å². The van der Waals surface area contributed by atoms with Crippen molar-refractivity contribution in [3.05, 3.63) is 17.4 Å². The van der Waals surface area contributed by atoms with Crippen LogP contribution < -0.4 is 35.3 Å². The second kappa shape index (κ2) is 10.3. The normalized spacial score (nSPS) is 26.7. The monoisotopic (exact) mass is 478 g/mol. The Balaban J connectivity index is 0.00000289. The predicted octanol–water partition coefficient (Wildman–Crippen LogP) is -3.23. The van der Waals surface area contributed by atoms with Crippen LogP contribution in [0.1, 0.15) is 38.3 Å². The molecule has 4 atom stereocenters. The van der Waals surface area contributed by atoms with Crippen LogP contribution >= 0.6 is 0 Å². The Morgan fingerprint density at radius 1 is 1.22 bits per heavy atom. The molecule has 1 amide bonds. The molecule has 0 aromatic carbocycles. The fourth-order valence-corrected chi connectivity index (χ4v) is 4.59. The van der Waals surface area contributed by atoms with Gasteiger partial charge < -0.3 is 30.2 Å². The van der Waals surface area contributed by atoms with Gasteiger partial charge in [0.25, 0.3) is 0 Å². The zero-order chi connectivity index (χ0) is 22.2. The summed E-state index contributed by atoms with van der Waals surface area (Å²) in [5.74, 6) is -1.02. The van der Waals surface area contributed by atoms with E-state index in [0.717, 1.165) is 19.3 Å². The SMILES string of the molecule is Nc1ncnc2c1ncn2[C@@H]1O[C@H](COS(=O)(=O)[N-]C(=O)C2CCCCC2)[C@@H](O)[C@H]1O.[Na+]. The molecule has 13 nitrogen and oxygen atoms in total. The molecule has 0 spiro atoms. The van der Waals surface area contributed by atoms with Crippen molar-refractivity contribution >= 4 is 33.2 Å². The molecule has 3 heterocycles. The van der Waals surface area contributed by atoms with Gasteiger partial charge in [0.2, 0.25) is 10.3 Å². The Kier molecular flexibility index (Phi) is 8.09. The second-order valence-corrected chi connectivity index (χ2v) is 8.88. The maximum absolute atomic E-state index is 12.1. The van der Waals surface area contributed by atoms with E-state index < -0.39 is 53.3 Å². The number of aromatic nitrogens is 4. The molecule has 1 aliphatic heterocycles. The standard InChI is InChI=1S/C17H24N6O7S.Na/c18-14-11-15(20-7-19-14)23(8-21-11)17-13(25)12(24)10(30-17)6-29-31(27,28)22-16(26)9-4-2-1-3-5-9;/h7-10,12-13,17,24-25H,1-6H2,(H3,18,19,20,22,26);/q;+1/p-1/t10-,12-,13-,17-;/m1./s1. The fraction of sp³-hybridized carbons (Fsp3) is 0.647. The summed E-state index contributed by atoms with van der Waals surface area (Å²) in [4.78, 5) is 24.1. The van der Waals surface area contributed by atoms with Gasteiger partial charge in [-0.1, -0.05) is 19.3 Å². The Morgan fingerprint density at radius 3 is 2.66 bits per heavy atom. The number of ether oxygens (including phenoxy) is 1. The summed E-state index contributed by atoms with van der Waals surface area (Å²) in [5.41, 5.74) is 6.30. The number of rotatable bonds is 6. The first-order valence-electron chi connectivity index (χ1n) is 9.87. The van der Waals surface area contributed by atoms with E-state index >= 15 is 0 Å². The second-order valence-electron chi connectivity index (χ2n) is 7.61. The maximum atomic E-state index is 12.1. The molecule has 170 valence electrons. The van der Waals surface area contributed by atoms with E-state index in [-0.39, 0.29) is 46.5 Å².